The number of nitrogens with one attached hydrogen (secondary N) is 1. The van der Waals surface area contributed by atoms with Crippen LogP contribution in [0.4, 0.5) is 0 Å². The van der Waals surface area contributed by atoms with Gasteiger partial charge in [-0.3, -0.25) is 15.1 Å². The number of ether oxygens (including phenoxy) is 1. The van der Waals surface area contributed by atoms with Gasteiger partial charge in [-0.15, -0.1) is 5.10 Å². The fraction of sp³-hybridized carbons (Fsp3) is 0.125. The summed E-state index contributed by atoms with van der Waals surface area (Å²) in [5, 5.41) is 11.3. The molecular weight excluding hydrogens is 408 g/mol. The molecule has 0 bridgehead atoms. The Hall–Kier alpha value is -3.58. The Morgan fingerprint density at radius 2 is 1.84 bits per heavy atom. The van der Waals surface area contributed by atoms with E-state index in [0.29, 0.717) is 17.5 Å². The van der Waals surface area contributed by atoms with Gasteiger partial charge in [0.1, 0.15) is 18.1 Å². The number of hydrogen-bond donors (Lipinski definition) is 1. The lowest BCUT2D eigenvalue weighted by molar-refractivity contribution is -0.116. The predicted molar refractivity (Wildman–Crippen MR) is 122 cm³/mol. The highest BCUT2D eigenvalue weighted by Crippen LogP contribution is 2.32. The molecular formula is C24H20N4O2S. The molecule has 2 aliphatic rings. The van der Waals surface area contributed by atoms with E-state index in [1.807, 2.05) is 85.1 Å². The summed E-state index contributed by atoms with van der Waals surface area (Å²) in [6.45, 7) is 0.479. The largest absolute Gasteiger partial charge is 0.489 e. The first-order valence-corrected chi connectivity index (χ1v) is 11.1. The van der Waals surface area contributed by atoms with Gasteiger partial charge in [0.05, 0.1) is 5.36 Å². The maximum absolute atomic E-state index is 12.9. The lowest BCUT2D eigenvalue weighted by Gasteiger charge is -2.34. The quantitative estimate of drug-likeness (QED) is 0.694. The van der Waals surface area contributed by atoms with Crippen LogP contribution >= 0.6 is 11.8 Å². The normalized spacial score (nSPS) is 17.1. The Kier molecular flexibility index (Phi) is 5.18. The third kappa shape index (κ3) is 3.80. The lowest BCUT2D eigenvalue weighted by atomic mass is 10.1. The van der Waals surface area contributed by atoms with Gasteiger partial charge in [-0.05, 0) is 30.0 Å². The van der Waals surface area contributed by atoms with Crippen molar-refractivity contribution >= 4 is 28.5 Å². The number of nitrogens with zero attached hydrogens (tertiary/aromatic N) is 3. The average Bonchev–Trinajstić information content (AvgIpc) is 2.82. The standard InChI is InChI=1S/C24H20N4O2S/c1-31-24-26-23(29)21-19-12-5-6-13-20(19)25-22(28(21)27-24)17-10-7-11-18(14-17)30-15-16-8-3-2-4-9-16/h2-14,22H,15H2,1H3,(H,26,27,29). The van der Waals surface area contributed by atoms with E-state index >= 15 is 0 Å². The molecule has 0 fully saturated rings. The molecule has 1 unspecified atom stereocenters. The van der Waals surface area contributed by atoms with Gasteiger partial charge in [-0.2, -0.15) is 0 Å². The molecule has 7 heteroatoms. The molecule has 5 rings (SSSR count). The summed E-state index contributed by atoms with van der Waals surface area (Å²) in [7, 11) is 0. The van der Waals surface area contributed by atoms with Crippen LogP contribution < -0.4 is 20.6 Å². The monoisotopic (exact) mass is 428 g/mol. The highest BCUT2D eigenvalue weighted by atomic mass is 32.2. The zero-order valence-electron chi connectivity index (χ0n) is 16.9. The molecule has 2 heterocycles. The summed E-state index contributed by atoms with van der Waals surface area (Å²) in [4.78, 5) is 17.8. The molecule has 1 atom stereocenters. The Morgan fingerprint density at radius 3 is 2.68 bits per heavy atom. The number of benzene rings is 3. The SMILES string of the molecule is CSC1=NN2C(=c3ccccc3=NC2c2cccc(OCc3ccccc3)c2)C(=O)N1. The van der Waals surface area contributed by atoms with Crippen LogP contribution in [0.15, 0.2) is 89.0 Å². The minimum absolute atomic E-state index is 0.178. The van der Waals surface area contributed by atoms with Gasteiger partial charge in [0, 0.05) is 10.8 Å². The second kappa shape index (κ2) is 8.28. The van der Waals surface area contributed by atoms with Crippen molar-refractivity contribution in [2.45, 2.75) is 12.8 Å². The second-order valence-corrected chi connectivity index (χ2v) is 7.92. The predicted octanol–water partition coefficient (Wildman–Crippen LogP) is 2.77. The van der Waals surface area contributed by atoms with Crippen molar-refractivity contribution in [3.8, 4) is 5.75 Å². The molecule has 0 spiro atoms. The van der Waals surface area contributed by atoms with E-state index in [-0.39, 0.29) is 5.91 Å². The third-order valence-corrected chi connectivity index (χ3v) is 5.68. The number of hydrogen-bond acceptors (Lipinski definition) is 6. The maximum Gasteiger partial charge on any atom is 0.276 e. The number of amides is 1. The van der Waals surface area contributed by atoms with Gasteiger partial charge in [-0.1, -0.05) is 72.4 Å². The molecule has 3 aromatic carbocycles. The van der Waals surface area contributed by atoms with Gasteiger partial charge in [0.2, 0.25) is 0 Å². The van der Waals surface area contributed by atoms with Crippen molar-refractivity contribution in [3.05, 3.63) is 101 Å². The fourth-order valence-corrected chi connectivity index (χ4v) is 4.01. The number of thioether (sulfide) groups is 1. The van der Waals surface area contributed by atoms with Crippen LogP contribution in [-0.4, -0.2) is 22.3 Å². The van der Waals surface area contributed by atoms with Crippen molar-refractivity contribution in [3.63, 3.8) is 0 Å². The van der Waals surface area contributed by atoms with E-state index in [2.05, 4.69) is 10.4 Å². The topological polar surface area (TPSA) is 66.3 Å². The molecule has 3 aromatic rings. The fourth-order valence-electron chi connectivity index (χ4n) is 3.64. The van der Waals surface area contributed by atoms with Gasteiger partial charge in [0.25, 0.3) is 5.91 Å². The molecule has 31 heavy (non-hydrogen) atoms. The third-order valence-electron chi connectivity index (χ3n) is 5.11. The first kappa shape index (κ1) is 19.4. The molecule has 1 N–H and O–H groups in total. The molecule has 2 aliphatic heterocycles. The second-order valence-electron chi connectivity index (χ2n) is 7.12. The number of fused-ring (bicyclic) bond motifs is 2. The van der Waals surface area contributed by atoms with E-state index < -0.39 is 6.17 Å². The van der Waals surface area contributed by atoms with E-state index in [4.69, 9.17) is 9.73 Å². The summed E-state index contributed by atoms with van der Waals surface area (Å²) in [6.07, 6.45) is 1.42. The average molecular weight is 429 g/mol. The van der Waals surface area contributed by atoms with E-state index in [9.17, 15) is 4.79 Å². The van der Waals surface area contributed by atoms with Crippen molar-refractivity contribution < 1.29 is 9.53 Å². The summed E-state index contributed by atoms with van der Waals surface area (Å²) in [5.41, 5.74) is 2.50. The molecule has 1 amide bonds. The Labute approximate surface area is 184 Å². The first-order chi connectivity index (χ1) is 15.2. The minimum atomic E-state index is -0.460. The highest BCUT2D eigenvalue weighted by molar-refractivity contribution is 8.13. The first-order valence-electron chi connectivity index (χ1n) is 9.90. The Morgan fingerprint density at radius 1 is 1.03 bits per heavy atom. The van der Waals surface area contributed by atoms with Gasteiger partial charge < -0.3 is 4.74 Å². The molecule has 0 saturated heterocycles. The van der Waals surface area contributed by atoms with Crippen molar-refractivity contribution in [2.24, 2.45) is 10.1 Å². The van der Waals surface area contributed by atoms with Crippen LogP contribution in [-0.2, 0) is 11.4 Å². The van der Waals surface area contributed by atoms with E-state index in [1.165, 1.54) is 11.8 Å². The Balaban J connectivity index is 1.54. The van der Waals surface area contributed by atoms with Gasteiger partial charge in [-0.25, -0.2) is 5.01 Å². The van der Waals surface area contributed by atoms with Gasteiger partial charge in [0.15, 0.2) is 11.3 Å². The molecule has 0 radical (unpaired) electrons. The van der Waals surface area contributed by atoms with Crippen LogP contribution in [0.2, 0.25) is 0 Å². The maximum atomic E-state index is 12.9. The molecule has 0 aliphatic carbocycles. The highest BCUT2D eigenvalue weighted by Gasteiger charge is 2.34. The van der Waals surface area contributed by atoms with Gasteiger partial charge >= 0.3 is 0 Å². The van der Waals surface area contributed by atoms with E-state index in [0.717, 1.165) is 27.5 Å². The number of rotatable bonds is 4. The van der Waals surface area contributed by atoms with E-state index in [1.54, 1.807) is 5.01 Å². The Bertz CT molecular complexity index is 1290. The molecule has 0 saturated carbocycles. The van der Waals surface area contributed by atoms with Crippen molar-refractivity contribution in [2.75, 3.05) is 6.26 Å². The smallest absolute Gasteiger partial charge is 0.276 e. The minimum Gasteiger partial charge on any atom is -0.489 e. The van der Waals surface area contributed by atoms with Crippen molar-refractivity contribution in [1.29, 1.82) is 0 Å². The zero-order valence-corrected chi connectivity index (χ0v) is 17.7. The number of carbonyl (C=O) groups is 1. The molecule has 154 valence electrons. The van der Waals surface area contributed by atoms with Crippen LogP contribution in [0, 0.1) is 0 Å². The number of para-hydroxylation sites is 1. The van der Waals surface area contributed by atoms with Crippen molar-refractivity contribution in [1.82, 2.24) is 10.3 Å². The lowest BCUT2D eigenvalue weighted by Crippen LogP contribution is -2.50. The number of carbonyl (C=O) groups excluding carboxylic acids is 1. The summed E-state index contributed by atoms with van der Waals surface area (Å²) >= 11 is 1.39. The van der Waals surface area contributed by atoms with Crippen LogP contribution in [0.5, 0.6) is 5.75 Å². The van der Waals surface area contributed by atoms with Crippen LogP contribution in [0.1, 0.15) is 17.3 Å². The zero-order chi connectivity index (χ0) is 21.2. The van der Waals surface area contributed by atoms with Crippen LogP contribution in [0.25, 0.3) is 5.70 Å². The summed E-state index contributed by atoms with van der Waals surface area (Å²) in [6, 6.07) is 25.5. The molecule has 0 aromatic heterocycles. The number of hydrazone groups is 1. The number of amidine groups is 1. The summed E-state index contributed by atoms with van der Waals surface area (Å²) < 4.78 is 6.01. The molecule has 6 nitrogen and oxygen atoms in total. The summed E-state index contributed by atoms with van der Waals surface area (Å²) in [5.74, 6) is 0.565. The van der Waals surface area contributed by atoms with Crippen LogP contribution in [0.3, 0.4) is 0 Å².